The SMILES string of the molecule is COc1ccc(S(=O)(=O)N(C)CC(C)O)cc1N. The smallest absolute Gasteiger partial charge is 0.242 e. The molecule has 0 spiro atoms. The second-order valence-corrected chi connectivity index (χ2v) is 6.08. The molecule has 3 N–H and O–H groups in total. The summed E-state index contributed by atoms with van der Waals surface area (Å²) in [4.78, 5) is 0.0731. The first kappa shape index (κ1) is 14.7. The number of nitrogen functional groups attached to an aromatic ring is 1. The molecule has 0 aliphatic rings. The van der Waals surface area contributed by atoms with Crippen molar-refractivity contribution in [3.05, 3.63) is 18.2 Å². The number of aliphatic hydroxyl groups is 1. The van der Waals surface area contributed by atoms with E-state index in [2.05, 4.69) is 0 Å². The van der Waals surface area contributed by atoms with E-state index in [4.69, 9.17) is 10.5 Å². The van der Waals surface area contributed by atoms with Gasteiger partial charge in [-0.15, -0.1) is 0 Å². The standard InChI is InChI=1S/C11H18N2O4S/c1-8(14)7-13(2)18(15,16)9-4-5-11(17-3)10(12)6-9/h4-6,8,14H,7,12H2,1-3H3. The van der Waals surface area contributed by atoms with Gasteiger partial charge in [-0.1, -0.05) is 0 Å². The Morgan fingerprint density at radius 1 is 1.50 bits per heavy atom. The molecule has 18 heavy (non-hydrogen) atoms. The van der Waals surface area contributed by atoms with Gasteiger partial charge in [0.25, 0.3) is 0 Å². The topological polar surface area (TPSA) is 92.9 Å². The van der Waals surface area contributed by atoms with Crippen molar-refractivity contribution in [1.82, 2.24) is 4.31 Å². The molecule has 7 heteroatoms. The van der Waals surface area contributed by atoms with E-state index in [1.165, 1.54) is 39.3 Å². The molecule has 0 aromatic heterocycles. The molecule has 1 aromatic carbocycles. The quantitative estimate of drug-likeness (QED) is 0.752. The van der Waals surface area contributed by atoms with Gasteiger partial charge in [0, 0.05) is 13.6 Å². The lowest BCUT2D eigenvalue weighted by molar-refractivity contribution is 0.171. The molecule has 0 fully saturated rings. The van der Waals surface area contributed by atoms with Gasteiger partial charge in [-0.3, -0.25) is 0 Å². The molecular formula is C11H18N2O4S. The molecule has 0 saturated heterocycles. The molecular weight excluding hydrogens is 256 g/mol. The van der Waals surface area contributed by atoms with Gasteiger partial charge in [0.1, 0.15) is 5.75 Å². The minimum atomic E-state index is -3.64. The van der Waals surface area contributed by atoms with E-state index in [-0.39, 0.29) is 17.1 Å². The number of aliphatic hydroxyl groups excluding tert-OH is 1. The van der Waals surface area contributed by atoms with Gasteiger partial charge < -0.3 is 15.6 Å². The van der Waals surface area contributed by atoms with Crippen LogP contribution in [0.5, 0.6) is 5.75 Å². The van der Waals surface area contributed by atoms with Crippen molar-refractivity contribution in [3.63, 3.8) is 0 Å². The molecule has 0 aliphatic carbocycles. The fraction of sp³-hybridized carbons (Fsp3) is 0.455. The minimum absolute atomic E-state index is 0.0221. The van der Waals surface area contributed by atoms with Crippen molar-refractivity contribution in [2.45, 2.75) is 17.9 Å². The number of hydrogen-bond donors (Lipinski definition) is 2. The molecule has 0 radical (unpaired) electrons. The summed E-state index contributed by atoms with van der Waals surface area (Å²) in [6, 6.07) is 4.26. The lowest BCUT2D eigenvalue weighted by Crippen LogP contribution is -2.33. The van der Waals surface area contributed by atoms with Crippen LogP contribution in [-0.2, 0) is 10.0 Å². The highest BCUT2D eigenvalue weighted by molar-refractivity contribution is 7.89. The highest BCUT2D eigenvalue weighted by atomic mass is 32.2. The zero-order valence-electron chi connectivity index (χ0n) is 10.6. The average molecular weight is 274 g/mol. The van der Waals surface area contributed by atoms with Gasteiger partial charge in [0.05, 0.1) is 23.8 Å². The van der Waals surface area contributed by atoms with Crippen molar-refractivity contribution in [2.75, 3.05) is 26.4 Å². The molecule has 6 nitrogen and oxygen atoms in total. The first-order valence-electron chi connectivity index (χ1n) is 5.37. The Kier molecular flexibility index (Phi) is 4.55. The third-order valence-corrected chi connectivity index (χ3v) is 4.25. The van der Waals surface area contributed by atoms with Crippen molar-refractivity contribution in [1.29, 1.82) is 0 Å². The third-order valence-electron chi connectivity index (χ3n) is 2.43. The molecule has 1 atom stereocenters. The van der Waals surface area contributed by atoms with E-state index in [1.807, 2.05) is 0 Å². The van der Waals surface area contributed by atoms with Gasteiger partial charge in [-0.25, -0.2) is 8.42 Å². The summed E-state index contributed by atoms with van der Waals surface area (Å²) in [5.74, 6) is 0.423. The fourth-order valence-corrected chi connectivity index (χ4v) is 2.81. The molecule has 102 valence electrons. The number of hydrogen-bond acceptors (Lipinski definition) is 5. The normalized spacial score (nSPS) is 13.6. The summed E-state index contributed by atoms with van der Waals surface area (Å²) in [7, 11) is -0.781. The highest BCUT2D eigenvalue weighted by Crippen LogP contribution is 2.25. The largest absolute Gasteiger partial charge is 0.495 e. The molecule has 0 heterocycles. The monoisotopic (exact) mass is 274 g/mol. The van der Waals surface area contributed by atoms with Gasteiger partial charge in [0.2, 0.25) is 10.0 Å². The van der Waals surface area contributed by atoms with E-state index in [9.17, 15) is 13.5 Å². The number of sulfonamides is 1. The van der Waals surface area contributed by atoms with Crippen LogP contribution in [0.2, 0.25) is 0 Å². The Bertz CT molecular complexity index is 514. The Balaban J connectivity index is 3.09. The molecule has 0 aliphatic heterocycles. The van der Waals surface area contributed by atoms with Gasteiger partial charge in [-0.05, 0) is 25.1 Å². The predicted molar refractivity (Wildman–Crippen MR) is 68.9 cm³/mol. The Morgan fingerprint density at radius 2 is 2.11 bits per heavy atom. The first-order valence-corrected chi connectivity index (χ1v) is 6.81. The van der Waals surface area contributed by atoms with Gasteiger partial charge >= 0.3 is 0 Å². The lowest BCUT2D eigenvalue weighted by atomic mass is 10.3. The number of benzene rings is 1. The van der Waals surface area contributed by atoms with E-state index in [0.717, 1.165) is 4.31 Å². The summed E-state index contributed by atoms with van der Waals surface area (Å²) >= 11 is 0. The van der Waals surface area contributed by atoms with Crippen LogP contribution < -0.4 is 10.5 Å². The number of likely N-dealkylation sites (N-methyl/N-ethyl adjacent to an activating group) is 1. The number of nitrogens with zero attached hydrogens (tertiary/aromatic N) is 1. The van der Waals surface area contributed by atoms with Crippen molar-refractivity contribution in [2.24, 2.45) is 0 Å². The summed E-state index contributed by atoms with van der Waals surface area (Å²) < 4.78 is 30.3. The maximum Gasteiger partial charge on any atom is 0.242 e. The molecule has 0 amide bonds. The van der Waals surface area contributed by atoms with Crippen LogP contribution in [0.3, 0.4) is 0 Å². The second kappa shape index (κ2) is 5.55. The second-order valence-electron chi connectivity index (χ2n) is 4.04. The average Bonchev–Trinajstić information content (AvgIpc) is 2.27. The zero-order chi connectivity index (χ0) is 13.9. The lowest BCUT2D eigenvalue weighted by Gasteiger charge is -2.19. The van der Waals surface area contributed by atoms with Gasteiger partial charge in [0.15, 0.2) is 0 Å². The zero-order valence-corrected chi connectivity index (χ0v) is 11.4. The summed E-state index contributed by atoms with van der Waals surface area (Å²) in [6.45, 7) is 1.54. The molecule has 0 bridgehead atoms. The minimum Gasteiger partial charge on any atom is -0.495 e. The Hall–Kier alpha value is -1.31. The summed E-state index contributed by atoms with van der Waals surface area (Å²) in [5, 5.41) is 9.22. The van der Waals surface area contributed by atoms with Crippen molar-refractivity contribution >= 4 is 15.7 Å². The van der Waals surface area contributed by atoms with E-state index >= 15 is 0 Å². The third kappa shape index (κ3) is 3.12. The molecule has 1 rings (SSSR count). The van der Waals surface area contributed by atoms with Crippen LogP contribution in [0.4, 0.5) is 5.69 Å². The van der Waals surface area contributed by atoms with E-state index in [0.29, 0.717) is 5.75 Å². The summed E-state index contributed by atoms with van der Waals surface area (Å²) in [5.41, 5.74) is 5.93. The molecule has 0 saturated carbocycles. The number of methoxy groups -OCH3 is 1. The maximum atomic E-state index is 12.1. The van der Waals surface area contributed by atoms with Crippen molar-refractivity contribution < 1.29 is 18.3 Å². The number of ether oxygens (including phenoxy) is 1. The van der Waals surface area contributed by atoms with Gasteiger partial charge in [-0.2, -0.15) is 4.31 Å². The van der Waals surface area contributed by atoms with Crippen LogP contribution in [0.25, 0.3) is 0 Å². The summed E-state index contributed by atoms with van der Waals surface area (Å²) in [6.07, 6.45) is -0.736. The Morgan fingerprint density at radius 3 is 2.56 bits per heavy atom. The predicted octanol–water partition coefficient (Wildman–Crippen LogP) is 0.279. The number of rotatable bonds is 5. The number of anilines is 1. The Labute approximate surface area is 107 Å². The molecule has 1 aromatic rings. The molecule has 1 unspecified atom stereocenters. The van der Waals surface area contributed by atoms with Crippen LogP contribution in [0, 0.1) is 0 Å². The fourth-order valence-electron chi connectivity index (χ4n) is 1.52. The number of nitrogens with two attached hydrogens (primary N) is 1. The van der Waals surface area contributed by atoms with Crippen LogP contribution in [0.15, 0.2) is 23.1 Å². The van der Waals surface area contributed by atoms with E-state index in [1.54, 1.807) is 0 Å². The van der Waals surface area contributed by atoms with E-state index < -0.39 is 16.1 Å². The van der Waals surface area contributed by atoms with Crippen LogP contribution in [0.1, 0.15) is 6.92 Å². The van der Waals surface area contributed by atoms with Crippen LogP contribution in [-0.4, -0.2) is 44.6 Å². The van der Waals surface area contributed by atoms with Crippen LogP contribution >= 0.6 is 0 Å². The maximum absolute atomic E-state index is 12.1. The van der Waals surface area contributed by atoms with Crippen molar-refractivity contribution in [3.8, 4) is 5.75 Å². The first-order chi connectivity index (χ1) is 8.28. The highest BCUT2D eigenvalue weighted by Gasteiger charge is 2.22.